The third kappa shape index (κ3) is 6.36. The molecule has 0 fully saturated rings. The Morgan fingerprint density at radius 3 is 2.22 bits per heavy atom. The Labute approximate surface area is 217 Å². The van der Waals surface area contributed by atoms with Gasteiger partial charge in [-0.1, -0.05) is 39.0 Å². The zero-order valence-electron chi connectivity index (χ0n) is 21.9. The number of halogens is 1. The van der Waals surface area contributed by atoms with Gasteiger partial charge in [-0.05, 0) is 60.0 Å². The molecule has 4 aromatic rings. The van der Waals surface area contributed by atoms with Gasteiger partial charge in [0.1, 0.15) is 11.5 Å². The monoisotopic (exact) mass is 500 g/mol. The van der Waals surface area contributed by atoms with Crippen LogP contribution in [0.4, 0.5) is 21.5 Å². The van der Waals surface area contributed by atoms with Gasteiger partial charge in [0.05, 0.1) is 6.54 Å². The number of rotatable bonds is 7. The second-order valence-corrected chi connectivity index (χ2v) is 10.7. The summed E-state index contributed by atoms with van der Waals surface area (Å²) in [7, 11) is 3.91. The minimum atomic E-state index is -0.332. The van der Waals surface area contributed by atoms with Crippen LogP contribution in [0.3, 0.4) is 0 Å². The van der Waals surface area contributed by atoms with Crippen LogP contribution in [0.25, 0.3) is 10.9 Å². The van der Waals surface area contributed by atoms with Crippen LogP contribution >= 0.6 is 0 Å². The van der Waals surface area contributed by atoms with Crippen LogP contribution in [0.15, 0.2) is 72.8 Å². The first-order valence-corrected chi connectivity index (χ1v) is 12.3. The van der Waals surface area contributed by atoms with Crippen LogP contribution in [0, 0.1) is 11.2 Å². The van der Waals surface area contributed by atoms with Crippen LogP contribution in [0.2, 0.25) is 0 Å². The molecule has 37 heavy (non-hydrogen) atoms. The van der Waals surface area contributed by atoms with E-state index >= 15 is 0 Å². The van der Waals surface area contributed by atoms with E-state index in [2.05, 4.69) is 10.6 Å². The summed E-state index contributed by atoms with van der Waals surface area (Å²) in [6, 6.07) is 21.4. The molecule has 2 amide bonds. The fraction of sp³-hybridized carbons (Fsp3) is 0.267. The number of nitrogens with one attached hydrogen (secondary N) is 2. The van der Waals surface area contributed by atoms with Crippen molar-refractivity contribution in [3.05, 3.63) is 89.9 Å². The number of benzene rings is 3. The smallest absolute Gasteiger partial charge is 0.272 e. The minimum absolute atomic E-state index is 0.0724. The average molecular weight is 501 g/mol. The van der Waals surface area contributed by atoms with Gasteiger partial charge in [-0.15, -0.1) is 0 Å². The van der Waals surface area contributed by atoms with Crippen molar-refractivity contribution in [3.8, 4) is 0 Å². The third-order valence-corrected chi connectivity index (χ3v) is 6.04. The van der Waals surface area contributed by atoms with E-state index in [9.17, 15) is 14.0 Å². The number of carbonyl (C=O) groups is 2. The van der Waals surface area contributed by atoms with E-state index in [-0.39, 0.29) is 29.6 Å². The number of aromatic nitrogens is 1. The molecule has 7 heteroatoms. The van der Waals surface area contributed by atoms with Crippen LogP contribution in [0.1, 0.15) is 43.2 Å². The number of fused-ring (bicyclic) bond motifs is 1. The second kappa shape index (κ2) is 10.5. The van der Waals surface area contributed by atoms with Crippen molar-refractivity contribution in [1.29, 1.82) is 0 Å². The summed E-state index contributed by atoms with van der Waals surface area (Å²) in [5.74, 6) is -0.707. The van der Waals surface area contributed by atoms with Crippen molar-refractivity contribution in [2.75, 3.05) is 29.6 Å². The Morgan fingerprint density at radius 1 is 0.892 bits per heavy atom. The lowest BCUT2D eigenvalue weighted by Crippen LogP contribution is -2.19. The largest absolute Gasteiger partial charge is 0.378 e. The zero-order valence-corrected chi connectivity index (χ0v) is 21.9. The maximum Gasteiger partial charge on any atom is 0.272 e. The Balaban J connectivity index is 1.69. The van der Waals surface area contributed by atoms with E-state index in [0.29, 0.717) is 29.1 Å². The molecule has 0 saturated carbocycles. The molecule has 0 unspecified atom stereocenters. The molecule has 0 spiro atoms. The van der Waals surface area contributed by atoms with Gasteiger partial charge < -0.3 is 20.1 Å². The number of nitrogens with zero attached hydrogens (tertiary/aromatic N) is 2. The number of hydrogen-bond donors (Lipinski definition) is 2. The zero-order chi connectivity index (χ0) is 26.7. The summed E-state index contributed by atoms with van der Waals surface area (Å²) in [5, 5.41) is 6.68. The first-order valence-electron chi connectivity index (χ1n) is 12.3. The molecule has 0 aliphatic rings. The SMILES string of the molecule is CN(C)c1ccc(NC(=O)c2cc3cc(NC(=O)CC(C)(C)C)ccc3n2Cc2ccccc2F)cc1. The quantitative estimate of drug-likeness (QED) is 0.304. The lowest BCUT2D eigenvalue weighted by atomic mass is 9.92. The molecule has 0 radical (unpaired) electrons. The highest BCUT2D eigenvalue weighted by atomic mass is 19.1. The van der Waals surface area contributed by atoms with Crippen molar-refractivity contribution in [2.45, 2.75) is 33.7 Å². The predicted molar refractivity (Wildman–Crippen MR) is 149 cm³/mol. The average Bonchev–Trinajstić information content (AvgIpc) is 3.17. The number of carbonyl (C=O) groups excluding carboxylic acids is 2. The standard InChI is InChI=1S/C30H33FN4O2/c1-30(2,3)18-28(36)32-23-12-15-26-21(16-23)17-27(35(26)19-20-8-6-7-9-25(20)31)29(37)33-22-10-13-24(14-11-22)34(4)5/h6-17H,18-19H2,1-5H3,(H,32,36)(H,33,37). The van der Waals surface area contributed by atoms with Gasteiger partial charge in [0.2, 0.25) is 5.91 Å². The normalized spacial score (nSPS) is 11.4. The van der Waals surface area contributed by atoms with Crippen molar-refractivity contribution < 1.29 is 14.0 Å². The van der Waals surface area contributed by atoms with Crippen molar-refractivity contribution in [3.63, 3.8) is 0 Å². The molecule has 2 N–H and O–H groups in total. The molecule has 4 rings (SSSR count). The van der Waals surface area contributed by atoms with Gasteiger partial charge in [0, 0.05) is 54.0 Å². The van der Waals surface area contributed by atoms with E-state index < -0.39 is 0 Å². The Kier molecular flexibility index (Phi) is 7.34. The Hall–Kier alpha value is -4.13. The van der Waals surface area contributed by atoms with E-state index in [1.165, 1.54) is 6.07 Å². The van der Waals surface area contributed by atoms with E-state index in [1.54, 1.807) is 28.8 Å². The first kappa shape index (κ1) is 25.9. The number of hydrogen-bond acceptors (Lipinski definition) is 3. The van der Waals surface area contributed by atoms with E-state index in [0.717, 1.165) is 16.6 Å². The summed E-state index contributed by atoms with van der Waals surface area (Å²) < 4.78 is 16.3. The highest BCUT2D eigenvalue weighted by molar-refractivity contribution is 6.07. The summed E-state index contributed by atoms with van der Waals surface area (Å²) >= 11 is 0. The molecular formula is C30H33FN4O2. The molecule has 3 aromatic carbocycles. The van der Waals surface area contributed by atoms with Crippen LogP contribution in [-0.2, 0) is 11.3 Å². The summed E-state index contributed by atoms with van der Waals surface area (Å²) in [4.78, 5) is 27.9. The van der Waals surface area contributed by atoms with Crippen LogP contribution in [-0.4, -0.2) is 30.5 Å². The highest BCUT2D eigenvalue weighted by Crippen LogP contribution is 2.27. The van der Waals surface area contributed by atoms with Gasteiger partial charge in [-0.2, -0.15) is 0 Å². The molecule has 0 atom stereocenters. The lowest BCUT2D eigenvalue weighted by Gasteiger charge is -2.17. The summed E-state index contributed by atoms with van der Waals surface area (Å²) in [6.07, 6.45) is 0.388. The predicted octanol–water partition coefficient (Wildman–Crippen LogP) is 6.52. The fourth-order valence-electron chi connectivity index (χ4n) is 4.23. The molecule has 1 heterocycles. The fourth-order valence-corrected chi connectivity index (χ4v) is 4.23. The Morgan fingerprint density at radius 2 is 1.57 bits per heavy atom. The Bertz CT molecular complexity index is 1430. The minimum Gasteiger partial charge on any atom is -0.378 e. The summed E-state index contributed by atoms with van der Waals surface area (Å²) in [5.41, 5.74) is 3.84. The lowest BCUT2D eigenvalue weighted by molar-refractivity contribution is -0.117. The number of amides is 2. The van der Waals surface area contributed by atoms with Crippen molar-refractivity contribution in [2.24, 2.45) is 5.41 Å². The second-order valence-electron chi connectivity index (χ2n) is 10.7. The van der Waals surface area contributed by atoms with E-state index in [4.69, 9.17) is 0 Å². The van der Waals surface area contributed by atoms with Gasteiger partial charge >= 0.3 is 0 Å². The van der Waals surface area contributed by atoms with Gasteiger partial charge in [0.15, 0.2) is 0 Å². The molecule has 0 aliphatic heterocycles. The maximum atomic E-state index is 14.5. The van der Waals surface area contributed by atoms with Gasteiger partial charge in [-0.3, -0.25) is 9.59 Å². The van der Waals surface area contributed by atoms with Crippen LogP contribution in [0.5, 0.6) is 0 Å². The molecule has 1 aromatic heterocycles. The van der Waals surface area contributed by atoms with Gasteiger partial charge in [-0.25, -0.2) is 4.39 Å². The molecule has 0 bridgehead atoms. The van der Waals surface area contributed by atoms with Crippen molar-refractivity contribution in [1.82, 2.24) is 4.57 Å². The van der Waals surface area contributed by atoms with Crippen molar-refractivity contribution >= 4 is 39.8 Å². The van der Waals surface area contributed by atoms with Crippen LogP contribution < -0.4 is 15.5 Å². The molecule has 0 aliphatic carbocycles. The first-order chi connectivity index (χ1) is 17.5. The molecule has 192 valence electrons. The third-order valence-electron chi connectivity index (χ3n) is 6.04. The molecular weight excluding hydrogens is 467 g/mol. The summed E-state index contributed by atoms with van der Waals surface area (Å²) in [6.45, 7) is 6.22. The molecule has 6 nitrogen and oxygen atoms in total. The number of anilines is 3. The van der Waals surface area contributed by atoms with E-state index in [1.807, 2.05) is 82.2 Å². The highest BCUT2D eigenvalue weighted by Gasteiger charge is 2.19. The topological polar surface area (TPSA) is 66.4 Å². The maximum absolute atomic E-state index is 14.5. The molecule has 0 saturated heterocycles. The van der Waals surface area contributed by atoms with Gasteiger partial charge in [0.25, 0.3) is 5.91 Å².